The quantitative estimate of drug-likeness (QED) is 0.532. The van der Waals surface area contributed by atoms with Gasteiger partial charge in [0.2, 0.25) is 0 Å². The molecule has 0 aliphatic carbocycles. The molecule has 1 aliphatic heterocycles. The fourth-order valence-electron chi connectivity index (χ4n) is 3.94. The maximum absolute atomic E-state index is 13.4. The van der Waals surface area contributed by atoms with Crippen LogP contribution in [0.15, 0.2) is 81.5 Å². The molecule has 0 saturated heterocycles. The van der Waals surface area contributed by atoms with Crippen molar-refractivity contribution < 1.29 is 8.42 Å². The molecule has 4 aromatic rings. The van der Waals surface area contributed by atoms with Gasteiger partial charge in [0.1, 0.15) is 4.90 Å². The molecule has 0 spiro atoms. The minimum absolute atomic E-state index is 0.0823. The number of aryl methyl sites for hydroxylation is 1. The Morgan fingerprint density at radius 3 is 2.61 bits per heavy atom. The first-order chi connectivity index (χ1) is 15.0. The molecule has 2 aromatic heterocycles. The fourth-order valence-corrected chi connectivity index (χ4v) is 5.47. The third kappa shape index (κ3) is 3.14. The summed E-state index contributed by atoms with van der Waals surface area (Å²) in [5.41, 5.74) is 0.893. The van der Waals surface area contributed by atoms with Gasteiger partial charge >= 0.3 is 5.69 Å². The molecule has 5 rings (SSSR count). The van der Waals surface area contributed by atoms with Crippen molar-refractivity contribution in [2.24, 2.45) is 0 Å². The van der Waals surface area contributed by atoms with Crippen LogP contribution in [0.4, 0.5) is 5.69 Å². The molecule has 0 saturated carbocycles. The van der Waals surface area contributed by atoms with Crippen molar-refractivity contribution in [3.63, 3.8) is 0 Å². The van der Waals surface area contributed by atoms with Gasteiger partial charge in [-0.05, 0) is 42.7 Å². The summed E-state index contributed by atoms with van der Waals surface area (Å²) in [7, 11) is -3.93. The SMILES string of the molecule is O=c1[nH]c2ccccc2c(=O)n1-c1cncc(S(=O)(=O)N2CCCc3ccccc32)c1. The van der Waals surface area contributed by atoms with Gasteiger partial charge in [0.15, 0.2) is 0 Å². The van der Waals surface area contributed by atoms with Crippen molar-refractivity contribution in [2.45, 2.75) is 17.7 Å². The molecular formula is C22H18N4O4S. The van der Waals surface area contributed by atoms with E-state index in [-0.39, 0.29) is 10.6 Å². The summed E-state index contributed by atoms with van der Waals surface area (Å²) in [5, 5.41) is 0.320. The second kappa shape index (κ2) is 7.21. The normalized spacial score (nSPS) is 13.9. The van der Waals surface area contributed by atoms with E-state index in [4.69, 9.17) is 0 Å². The predicted octanol–water partition coefficient (Wildman–Crippen LogP) is 2.22. The Morgan fingerprint density at radius 2 is 1.74 bits per heavy atom. The van der Waals surface area contributed by atoms with Crippen LogP contribution in [0.3, 0.4) is 0 Å². The number of aromatic amines is 1. The molecule has 156 valence electrons. The molecule has 0 bridgehead atoms. The lowest BCUT2D eigenvalue weighted by Crippen LogP contribution is -2.36. The van der Waals surface area contributed by atoms with E-state index in [0.717, 1.165) is 16.6 Å². The minimum atomic E-state index is -3.93. The third-order valence-corrected chi connectivity index (χ3v) is 7.20. The van der Waals surface area contributed by atoms with Crippen molar-refractivity contribution in [3.05, 3.63) is 93.4 Å². The Bertz CT molecular complexity index is 1540. The Kier molecular flexibility index (Phi) is 4.48. The van der Waals surface area contributed by atoms with Gasteiger partial charge < -0.3 is 4.98 Å². The highest BCUT2D eigenvalue weighted by Gasteiger charge is 2.29. The van der Waals surface area contributed by atoms with E-state index < -0.39 is 21.3 Å². The molecule has 0 amide bonds. The minimum Gasteiger partial charge on any atom is -0.306 e. The average Bonchev–Trinajstić information content (AvgIpc) is 2.79. The van der Waals surface area contributed by atoms with Crippen molar-refractivity contribution in [1.29, 1.82) is 0 Å². The molecular weight excluding hydrogens is 416 g/mol. The Hall–Kier alpha value is -3.72. The van der Waals surface area contributed by atoms with Crippen LogP contribution >= 0.6 is 0 Å². The van der Waals surface area contributed by atoms with Gasteiger partial charge in [-0.2, -0.15) is 0 Å². The number of nitrogens with zero attached hydrogens (tertiary/aromatic N) is 3. The van der Waals surface area contributed by atoms with Crippen LogP contribution in [0.2, 0.25) is 0 Å². The monoisotopic (exact) mass is 434 g/mol. The van der Waals surface area contributed by atoms with Gasteiger partial charge in [-0.15, -0.1) is 0 Å². The van der Waals surface area contributed by atoms with E-state index in [1.54, 1.807) is 36.4 Å². The summed E-state index contributed by atoms with van der Waals surface area (Å²) in [4.78, 5) is 32.1. The highest BCUT2D eigenvalue weighted by molar-refractivity contribution is 7.92. The second-order valence-electron chi connectivity index (χ2n) is 7.30. The zero-order valence-electron chi connectivity index (χ0n) is 16.4. The topological polar surface area (TPSA) is 105 Å². The largest absolute Gasteiger partial charge is 0.333 e. The highest BCUT2D eigenvalue weighted by atomic mass is 32.2. The summed E-state index contributed by atoms with van der Waals surface area (Å²) >= 11 is 0. The number of sulfonamides is 1. The second-order valence-corrected chi connectivity index (χ2v) is 9.17. The van der Waals surface area contributed by atoms with Gasteiger partial charge in [0.25, 0.3) is 15.6 Å². The van der Waals surface area contributed by atoms with Crippen LogP contribution in [-0.4, -0.2) is 29.5 Å². The van der Waals surface area contributed by atoms with E-state index in [9.17, 15) is 18.0 Å². The Labute approximate surface area is 177 Å². The zero-order chi connectivity index (χ0) is 21.6. The van der Waals surface area contributed by atoms with E-state index in [0.29, 0.717) is 29.6 Å². The first-order valence-electron chi connectivity index (χ1n) is 9.77. The maximum Gasteiger partial charge on any atom is 0.333 e. The molecule has 2 aromatic carbocycles. The van der Waals surface area contributed by atoms with E-state index >= 15 is 0 Å². The highest BCUT2D eigenvalue weighted by Crippen LogP contribution is 2.31. The first-order valence-corrected chi connectivity index (χ1v) is 11.2. The van der Waals surface area contributed by atoms with Gasteiger partial charge in [-0.25, -0.2) is 17.8 Å². The van der Waals surface area contributed by atoms with E-state index in [2.05, 4.69) is 9.97 Å². The average molecular weight is 434 g/mol. The summed E-state index contributed by atoms with van der Waals surface area (Å²) < 4.78 is 29.1. The lowest BCUT2D eigenvalue weighted by atomic mass is 10.0. The summed E-state index contributed by atoms with van der Waals surface area (Å²) in [6.07, 6.45) is 4.04. The molecule has 0 atom stereocenters. The predicted molar refractivity (Wildman–Crippen MR) is 117 cm³/mol. The van der Waals surface area contributed by atoms with Crippen LogP contribution in [0, 0.1) is 0 Å². The van der Waals surface area contributed by atoms with E-state index in [1.807, 2.05) is 12.1 Å². The molecule has 31 heavy (non-hydrogen) atoms. The van der Waals surface area contributed by atoms with Crippen molar-refractivity contribution in [2.75, 3.05) is 10.8 Å². The number of H-pyrrole nitrogens is 1. The lowest BCUT2D eigenvalue weighted by Gasteiger charge is -2.30. The molecule has 0 fully saturated rings. The first kappa shape index (κ1) is 19.3. The number of rotatable bonds is 3. The Balaban J connectivity index is 1.65. The number of pyridine rings is 1. The third-order valence-electron chi connectivity index (χ3n) is 5.42. The van der Waals surface area contributed by atoms with Crippen LogP contribution in [0.25, 0.3) is 16.6 Å². The summed E-state index contributed by atoms with van der Waals surface area (Å²) in [6, 6.07) is 15.3. The van der Waals surface area contributed by atoms with Gasteiger partial charge in [-0.3, -0.25) is 14.1 Å². The van der Waals surface area contributed by atoms with Crippen LogP contribution in [-0.2, 0) is 16.4 Å². The van der Waals surface area contributed by atoms with Crippen molar-refractivity contribution >= 4 is 26.6 Å². The molecule has 3 heterocycles. The van der Waals surface area contributed by atoms with Gasteiger partial charge in [-0.1, -0.05) is 30.3 Å². The lowest BCUT2D eigenvalue weighted by molar-refractivity contribution is 0.586. The molecule has 0 radical (unpaired) electrons. The standard InChI is InChI=1S/C22H18N4O4S/c27-21-18-8-2-3-9-19(18)24-22(28)26(21)16-12-17(14-23-13-16)31(29,30)25-11-5-7-15-6-1-4-10-20(15)25/h1-4,6,8-10,12-14H,5,7,11H2,(H,24,28). The molecule has 1 N–H and O–H groups in total. The number of benzene rings is 2. The number of para-hydroxylation sites is 2. The van der Waals surface area contributed by atoms with E-state index in [1.165, 1.54) is 22.8 Å². The Morgan fingerprint density at radius 1 is 0.968 bits per heavy atom. The van der Waals surface area contributed by atoms with Crippen LogP contribution in [0.1, 0.15) is 12.0 Å². The number of anilines is 1. The van der Waals surface area contributed by atoms with Crippen LogP contribution in [0.5, 0.6) is 0 Å². The summed E-state index contributed by atoms with van der Waals surface area (Å²) in [6.45, 7) is 0.347. The van der Waals surface area contributed by atoms with Gasteiger partial charge in [0, 0.05) is 12.7 Å². The summed E-state index contributed by atoms with van der Waals surface area (Å²) in [5.74, 6) is 0. The molecule has 1 aliphatic rings. The smallest absolute Gasteiger partial charge is 0.306 e. The maximum atomic E-state index is 13.4. The number of hydrogen-bond acceptors (Lipinski definition) is 5. The number of aromatic nitrogens is 3. The molecule has 0 unspecified atom stereocenters. The van der Waals surface area contributed by atoms with Crippen LogP contribution < -0.4 is 15.6 Å². The van der Waals surface area contributed by atoms with Crippen molar-refractivity contribution in [3.8, 4) is 5.69 Å². The van der Waals surface area contributed by atoms with Crippen molar-refractivity contribution in [1.82, 2.24) is 14.5 Å². The fraction of sp³-hybridized carbons (Fsp3) is 0.136. The number of hydrogen-bond donors (Lipinski definition) is 1. The molecule has 9 heteroatoms. The van der Waals surface area contributed by atoms with Gasteiger partial charge in [0.05, 0.1) is 28.5 Å². The zero-order valence-corrected chi connectivity index (χ0v) is 17.2. The molecule has 8 nitrogen and oxygen atoms in total. The number of fused-ring (bicyclic) bond motifs is 2. The number of nitrogens with one attached hydrogen (secondary N) is 1.